The van der Waals surface area contributed by atoms with Gasteiger partial charge in [0.1, 0.15) is 5.75 Å². The van der Waals surface area contributed by atoms with Crippen molar-refractivity contribution in [2.75, 3.05) is 7.11 Å². The minimum atomic E-state index is 0.132. The Labute approximate surface area is 166 Å². The van der Waals surface area contributed by atoms with Gasteiger partial charge < -0.3 is 9.64 Å². The molecule has 1 aromatic heterocycles. The van der Waals surface area contributed by atoms with E-state index in [0.717, 1.165) is 23.3 Å². The van der Waals surface area contributed by atoms with Crippen molar-refractivity contribution in [1.29, 1.82) is 0 Å². The predicted octanol–water partition coefficient (Wildman–Crippen LogP) is 4.22. The molecule has 3 aliphatic rings. The molecule has 1 amide bonds. The average Bonchev–Trinajstić information content (AvgIpc) is 3.41. The zero-order valence-electron chi connectivity index (χ0n) is 16.3. The lowest BCUT2D eigenvalue weighted by atomic mass is 9.88. The summed E-state index contributed by atoms with van der Waals surface area (Å²) in [5.74, 6) is 2.32. The topological polar surface area (TPSA) is 42.4 Å². The van der Waals surface area contributed by atoms with E-state index in [2.05, 4.69) is 17.1 Å². The number of allylic oxidation sites excluding steroid dienone is 2. The lowest BCUT2D eigenvalue weighted by molar-refractivity contribution is -0.137. The number of nitrogens with zero attached hydrogens (tertiary/aromatic N) is 2. The molecular weight excluding hydrogens is 348 g/mol. The predicted molar refractivity (Wildman–Crippen MR) is 107 cm³/mol. The van der Waals surface area contributed by atoms with E-state index < -0.39 is 0 Å². The lowest BCUT2D eigenvalue weighted by Gasteiger charge is -2.29. The highest BCUT2D eigenvalue weighted by Crippen LogP contribution is 2.70. The molecule has 4 nitrogen and oxygen atoms in total. The van der Waals surface area contributed by atoms with Crippen LogP contribution >= 0.6 is 0 Å². The number of ether oxygens (including phenoxy) is 1. The second-order valence-electron chi connectivity index (χ2n) is 8.50. The molecule has 0 radical (unpaired) electrons. The van der Waals surface area contributed by atoms with Gasteiger partial charge in [-0.25, -0.2) is 0 Å². The summed E-state index contributed by atoms with van der Waals surface area (Å²) < 4.78 is 5.27. The van der Waals surface area contributed by atoms with Gasteiger partial charge in [-0.3, -0.25) is 9.78 Å². The summed E-state index contributed by atoms with van der Waals surface area (Å²) in [6.07, 6.45) is 11.9. The first-order chi connectivity index (χ1) is 13.7. The number of methoxy groups -OCH3 is 1. The Kier molecular flexibility index (Phi) is 4.22. The number of benzene rings is 1. The number of aromatic nitrogens is 1. The minimum absolute atomic E-state index is 0.132. The maximum atomic E-state index is 13.6. The van der Waals surface area contributed by atoms with E-state index in [9.17, 15) is 4.79 Å². The van der Waals surface area contributed by atoms with Gasteiger partial charge in [0.15, 0.2) is 0 Å². The Balaban J connectivity index is 1.38. The quantitative estimate of drug-likeness (QED) is 0.711. The lowest BCUT2D eigenvalue weighted by Crippen LogP contribution is -2.37. The van der Waals surface area contributed by atoms with Crippen LogP contribution in [0.4, 0.5) is 0 Å². The van der Waals surface area contributed by atoms with E-state index >= 15 is 0 Å². The number of hydrogen-bond acceptors (Lipinski definition) is 3. The normalized spacial score (nSPS) is 25.8. The molecule has 0 unspecified atom stereocenters. The Morgan fingerprint density at radius 3 is 2.57 bits per heavy atom. The van der Waals surface area contributed by atoms with Gasteiger partial charge in [0.2, 0.25) is 5.91 Å². The van der Waals surface area contributed by atoms with Crippen LogP contribution in [-0.4, -0.2) is 22.9 Å². The summed E-state index contributed by atoms with van der Waals surface area (Å²) in [5, 5.41) is 0. The molecular formula is C24H26N2O2. The van der Waals surface area contributed by atoms with Crippen LogP contribution in [0.15, 0.2) is 60.9 Å². The van der Waals surface area contributed by atoms with Crippen molar-refractivity contribution >= 4 is 5.91 Å². The summed E-state index contributed by atoms with van der Waals surface area (Å²) >= 11 is 0. The molecule has 0 saturated heterocycles. The third-order valence-corrected chi connectivity index (χ3v) is 6.98. The Hall–Kier alpha value is -2.62. The highest BCUT2D eigenvalue weighted by atomic mass is 16.5. The number of pyridine rings is 1. The summed E-state index contributed by atoms with van der Waals surface area (Å²) in [6, 6.07) is 12.0. The highest BCUT2D eigenvalue weighted by molar-refractivity contribution is 5.80. The summed E-state index contributed by atoms with van der Waals surface area (Å²) in [4.78, 5) is 19.9. The van der Waals surface area contributed by atoms with Crippen LogP contribution < -0.4 is 4.74 Å². The van der Waals surface area contributed by atoms with Gasteiger partial charge >= 0.3 is 0 Å². The van der Waals surface area contributed by atoms with Gasteiger partial charge in [-0.05, 0) is 65.8 Å². The monoisotopic (exact) mass is 374 g/mol. The molecule has 4 heteroatoms. The molecule has 2 bridgehead atoms. The van der Waals surface area contributed by atoms with Crippen molar-refractivity contribution in [3.05, 3.63) is 72.1 Å². The third-order valence-electron chi connectivity index (χ3n) is 6.98. The van der Waals surface area contributed by atoms with Crippen molar-refractivity contribution in [2.24, 2.45) is 23.2 Å². The second kappa shape index (κ2) is 6.77. The number of carbonyl (C=O) groups excluding carboxylic acids is 1. The zero-order chi connectivity index (χ0) is 19.1. The second-order valence-corrected chi connectivity index (χ2v) is 8.50. The first kappa shape index (κ1) is 17.5. The molecule has 3 aliphatic carbocycles. The molecule has 2 fully saturated rings. The fraction of sp³-hybridized carbons (Fsp3) is 0.417. The van der Waals surface area contributed by atoms with Gasteiger partial charge in [0, 0.05) is 31.4 Å². The molecule has 28 heavy (non-hydrogen) atoms. The van der Waals surface area contributed by atoms with Crippen molar-refractivity contribution in [1.82, 2.24) is 9.88 Å². The molecule has 144 valence electrons. The van der Waals surface area contributed by atoms with Gasteiger partial charge in [0.05, 0.1) is 7.11 Å². The number of rotatable bonds is 6. The molecule has 1 aromatic carbocycles. The first-order valence-corrected chi connectivity index (χ1v) is 10.2. The van der Waals surface area contributed by atoms with Crippen LogP contribution in [0.2, 0.25) is 0 Å². The fourth-order valence-corrected chi connectivity index (χ4v) is 5.37. The third kappa shape index (κ3) is 2.92. The largest absolute Gasteiger partial charge is 0.497 e. The van der Waals surface area contributed by atoms with Crippen LogP contribution in [-0.2, 0) is 17.9 Å². The maximum Gasteiger partial charge on any atom is 0.226 e. The molecule has 5 rings (SSSR count). The SMILES string of the molecule is COc1ccc(CN(Cc2cccnc2)C(=O)[C@H]2C[C@H]3C=C[C@H]2C32CC2)cc1. The number of amides is 1. The Morgan fingerprint density at radius 1 is 1.14 bits per heavy atom. The fourth-order valence-electron chi connectivity index (χ4n) is 5.37. The summed E-state index contributed by atoms with van der Waals surface area (Å²) in [7, 11) is 1.67. The van der Waals surface area contributed by atoms with Crippen LogP contribution in [0.1, 0.15) is 30.4 Å². The maximum absolute atomic E-state index is 13.6. The van der Waals surface area contributed by atoms with Crippen molar-refractivity contribution in [3.8, 4) is 5.75 Å². The van der Waals surface area contributed by atoms with E-state index in [-0.39, 0.29) is 5.92 Å². The van der Waals surface area contributed by atoms with E-state index in [1.54, 1.807) is 13.3 Å². The van der Waals surface area contributed by atoms with Crippen molar-refractivity contribution in [3.63, 3.8) is 0 Å². The van der Waals surface area contributed by atoms with Gasteiger partial charge in [-0.2, -0.15) is 0 Å². The first-order valence-electron chi connectivity index (χ1n) is 10.2. The van der Waals surface area contributed by atoms with Crippen molar-refractivity contribution < 1.29 is 9.53 Å². The Bertz CT molecular complexity index is 887. The van der Waals surface area contributed by atoms with Crippen LogP contribution in [0.5, 0.6) is 5.75 Å². The summed E-state index contributed by atoms with van der Waals surface area (Å²) in [6.45, 7) is 1.21. The minimum Gasteiger partial charge on any atom is -0.497 e. The standard InChI is InChI=1S/C24H26N2O2/c1-28-20-7-4-17(5-8-20)15-26(16-18-3-2-12-25-14-18)23(27)21-13-19-6-9-22(21)24(19)10-11-24/h2-9,12,14,19,21-22H,10-11,13,15-16H2,1H3/t19-,21+,22-/m1/s1. The van der Waals surface area contributed by atoms with Crippen LogP contribution in [0.25, 0.3) is 0 Å². The van der Waals surface area contributed by atoms with E-state index in [1.807, 2.05) is 47.5 Å². The molecule has 0 N–H and O–H groups in total. The highest BCUT2D eigenvalue weighted by Gasteiger charge is 2.64. The Morgan fingerprint density at radius 2 is 1.93 bits per heavy atom. The van der Waals surface area contributed by atoms with E-state index in [1.165, 1.54) is 12.8 Å². The van der Waals surface area contributed by atoms with Crippen LogP contribution in [0.3, 0.4) is 0 Å². The molecule has 1 spiro atoms. The average molecular weight is 374 g/mol. The van der Waals surface area contributed by atoms with E-state index in [4.69, 9.17) is 4.74 Å². The molecule has 3 atom stereocenters. The molecule has 2 saturated carbocycles. The van der Waals surface area contributed by atoms with Crippen molar-refractivity contribution in [2.45, 2.75) is 32.4 Å². The molecule has 0 aliphatic heterocycles. The number of hydrogen-bond donors (Lipinski definition) is 0. The van der Waals surface area contributed by atoms with E-state index in [0.29, 0.717) is 36.2 Å². The molecule has 2 aromatic rings. The van der Waals surface area contributed by atoms with Gasteiger partial charge in [-0.15, -0.1) is 0 Å². The number of carbonyl (C=O) groups is 1. The zero-order valence-corrected chi connectivity index (χ0v) is 16.3. The summed E-state index contributed by atoms with van der Waals surface area (Å²) in [5.41, 5.74) is 2.63. The van der Waals surface area contributed by atoms with Gasteiger partial charge in [-0.1, -0.05) is 30.4 Å². The van der Waals surface area contributed by atoms with Crippen LogP contribution in [0, 0.1) is 23.2 Å². The smallest absolute Gasteiger partial charge is 0.226 e. The molecule has 1 heterocycles. The van der Waals surface area contributed by atoms with Gasteiger partial charge in [0.25, 0.3) is 0 Å².